The standard InChI is InChI=1S/C21H20ClFN4S/c22-17-3-1-2-16(12-17)14-28-21-13-20(24-15-25-21)27-10-8-26(9-11-27)19-6-4-18(23)5-7-19/h1-7,12-13,15H,8-11,14H2. The van der Waals surface area contributed by atoms with Crippen LogP contribution in [-0.2, 0) is 5.75 Å². The first kappa shape index (κ1) is 19.0. The van der Waals surface area contributed by atoms with Gasteiger partial charge in [-0.15, -0.1) is 11.8 Å². The Morgan fingerprint density at radius 3 is 2.43 bits per heavy atom. The topological polar surface area (TPSA) is 32.3 Å². The Morgan fingerprint density at radius 2 is 1.68 bits per heavy atom. The first-order valence-corrected chi connectivity index (χ1v) is 10.5. The molecule has 1 saturated heterocycles. The van der Waals surface area contributed by atoms with E-state index in [1.807, 2.05) is 36.4 Å². The molecule has 28 heavy (non-hydrogen) atoms. The Bertz CT molecular complexity index is 930. The molecule has 0 N–H and O–H groups in total. The molecular weight excluding hydrogens is 395 g/mol. The fourth-order valence-corrected chi connectivity index (χ4v) is 4.23. The van der Waals surface area contributed by atoms with E-state index in [1.165, 1.54) is 17.7 Å². The van der Waals surface area contributed by atoms with Crippen LogP contribution in [0.25, 0.3) is 0 Å². The van der Waals surface area contributed by atoms with Crippen LogP contribution in [0.4, 0.5) is 15.9 Å². The third kappa shape index (κ3) is 4.75. The van der Waals surface area contributed by atoms with E-state index in [9.17, 15) is 4.39 Å². The zero-order valence-electron chi connectivity index (χ0n) is 15.3. The third-order valence-corrected chi connectivity index (χ3v) is 5.93. The maximum absolute atomic E-state index is 13.1. The van der Waals surface area contributed by atoms with Crippen molar-refractivity contribution in [3.63, 3.8) is 0 Å². The minimum absolute atomic E-state index is 0.203. The van der Waals surface area contributed by atoms with Crippen molar-refractivity contribution in [1.82, 2.24) is 9.97 Å². The Kier molecular flexibility index (Phi) is 5.98. The van der Waals surface area contributed by atoms with Gasteiger partial charge in [0.1, 0.15) is 23.0 Å². The molecule has 4 nitrogen and oxygen atoms in total. The van der Waals surface area contributed by atoms with Crippen LogP contribution in [0.3, 0.4) is 0 Å². The third-order valence-electron chi connectivity index (χ3n) is 4.70. The molecule has 0 bridgehead atoms. The number of aromatic nitrogens is 2. The lowest BCUT2D eigenvalue weighted by Crippen LogP contribution is -2.46. The molecule has 0 amide bonds. The number of rotatable bonds is 5. The highest BCUT2D eigenvalue weighted by Gasteiger charge is 2.19. The lowest BCUT2D eigenvalue weighted by Gasteiger charge is -2.36. The summed E-state index contributed by atoms with van der Waals surface area (Å²) in [7, 11) is 0. The Labute approximate surface area is 173 Å². The lowest BCUT2D eigenvalue weighted by atomic mass is 10.2. The van der Waals surface area contributed by atoms with Crippen molar-refractivity contribution in [2.24, 2.45) is 0 Å². The smallest absolute Gasteiger partial charge is 0.133 e. The summed E-state index contributed by atoms with van der Waals surface area (Å²) in [4.78, 5) is 13.4. The van der Waals surface area contributed by atoms with Crippen LogP contribution in [0.5, 0.6) is 0 Å². The average Bonchev–Trinajstić information content (AvgIpc) is 2.73. The van der Waals surface area contributed by atoms with Crippen molar-refractivity contribution in [3.8, 4) is 0 Å². The van der Waals surface area contributed by atoms with Gasteiger partial charge >= 0.3 is 0 Å². The molecule has 1 aromatic heterocycles. The summed E-state index contributed by atoms with van der Waals surface area (Å²) in [6, 6.07) is 16.6. The molecule has 1 aliphatic rings. The Morgan fingerprint density at radius 1 is 0.929 bits per heavy atom. The summed E-state index contributed by atoms with van der Waals surface area (Å²) in [5.41, 5.74) is 2.23. The molecule has 2 aromatic carbocycles. The molecule has 0 aliphatic carbocycles. The fourth-order valence-electron chi connectivity index (χ4n) is 3.21. The highest BCUT2D eigenvalue weighted by molar-refractivity contribution is 7.98. The number of hydrogen-bond donors (Lipinski definition) is 0. The molecule has 0 saturated carbocycles. The van der Waals surface area contributed by atoms with Gasteiger partial charge in [0.05, 0.1) is 0 Å². The molecule has 3 aromatic rings. The largest absolute Gasteiger partial charge is 0.368 e. The summed E-state index contributed by atoms with van der Waals surface area (Å²) < 4.78 is 13.1. The lowest BCUT2D eigenvalue weighted by molar-refractivity contribution is 0.624. The van der Waals surface area contributed by atoms with Crippen LogP contribution in [0.1, 0.15) is 5.56 Å². The van der Waals surface area contributed by atoms with Crippen molar-refractivity contribution < 1.29 is 4.39 Å². The molecule has 2 heterocycles. The van der Waals surface area contributed by atoms with E-state index in [0.29, 0.717) is 0 Å². The van der Waals surface area contributed by atoms with Gasteiger partial charge < -0.3 is 9.80 Å². The van der Waals surface area contributed by atoms with E-state index >= 15 is 0 Å². The van der Waals surface area contributed by atoms with Crippen LogP contribution in [0.15, 0.2) is 66.0 Å². The maximum atomic E-state index is 13.1. The number of hydrogen-bond acceptors (Lipinski definition) is 5. The molecular formula is C21H20ClFN4S. The number of nitrogens with zero attached hydrogens (tertiary/aromatic N) is 4. The van der Waals surface area contributed by atoms with Crippen LogP contribution in [-0.4, -0.2) is 36.1 Å². The normalized spacial score (nSPS) is 14.4. The first-order chi connectivity index (χ1) is 13.7. The molecule has 144 valence electrons. The molecule has 4 rings (SSSR count). The van der Waals surface area contributed by atoms with E-state index in [4.69, 9.17) is 11.6 Å². The zero-order valence-corrected chi connectivity index (χ0v) is 16.8. The molecule has 1 aliphatic heterocycles. The quantitative estimate of drug-likeness (QED) is 0.438. The molecule has 0 atom stereocenters. The zero-order chi connectivity index (χ0) is 19.3. The minimum atomic E-state index is -0.203. The molecule has 1 fully saturated rings. The highest BCUT2D eigenvalue weighted by Crippen LogP contribution is 2.26. The predicted octanol–water partition coefficient (Wildman–Crippen LogP) is 4.89. The second-order valence-electron chi connectivity index (χ2n) is 6.58. The second-order valence-corrected chi connectivity index (χ2v) is 8.02. The van der Waals surface area contributed by atoms with E-state index in [2.05, 4.69) is 25.8 Å². The van der Waals surface area contributed by atoms with Crippen molar-refractivity contribution in [3.05, 3.63) is 77.3 Å². The van der Waals surface area contributed by atoms with Gasteiger partial charge in [-0.25, -0.2) is 14.4 Å². The van der Waals surface area contributed by atoms with E-state index in [0.717, 1.165) is 53.5 Å². The van der Waals surface area contributed by atoms with Gasteiger partial charge in [0.15, 0.2) is 0 Å². The average molecular weight is 415 g/mol. The number of thioether (sulfide) groups is 1. The van der Waals surface area contributed by atoms with Crippen LogP contribution < -0.4 is 9.80 Å². The van der Waals surface area contributed by atoms with E-state index in [1.54, 1.807) is 18.1 Å². The summed E-state index contributed by atoms with van der Waals surface area (Å²) >= 11 is 7.73. The number of piperazine rings is 1. The van der Waals surface area contributed by atoms with E-state index < -0.39 is 0 Å². The SMILES string of the molecule is Fc1ccc(N2CCN(c3cc(SCc4cccc(Cl)c4)ncn3)CC2)cc1. The second kappa shape index (κ2) is 8.80. The summed E-state index contributed by atoms with van der Waals surface area (Å²) in [6.07, 6.45) is 1.63. The molecule has 0 unspecified atom stereocenters. The fraction of sp³-hybridized carbons (Fsp3) is 0.238. The van der Waals surface area contributed by atoms with Crippen molar-refractivity contribution in [2.75, 3.05) is 36.0 Å². The van der Waals surface area contributed by atoms with Crippen molar-refractivity contribution in [1.29, 1.82) is 0 Å². The summed E-state index contributed by atoms with van der Waals surface area (Å²) in [5.74, 6) is 1.56. The van der Waals surface area contributed by atoms with Crippen LogP contribution in [0.2, 0.25) is 5.02 Å². The molecule has 7 heteroatoms. The number of benzene rings is 2. The summed E-state index contributed by atoms with van der Waals surface area (Å²) in [6.45, 7) is 3.49. The van der Waals surface area contributed by atoms with Gasteiger partial charge in [-0.1, -0.05) is 23.7 Å². The van der Waals surface area contributed by atoms with Gasteiger partial charge in [-0.05, 0) is 42.0 Å². The number of halogens is 2. The molecule has 0 radical (unpaired) electrons. The van der Waals surface area contributed by atoms with Gasteiger partial charge in [-0.2, -0.15) is 0 Å². The predicted molar refractivity (Wildman–Crippen MR) is 114 cm³/mol. The monoisotopic (exact) mass is 414 g/mol. The first-order valence-electron chi connectivity index (χ1n) is 9.12. The van der Waals surface area contributed by atoms with Crippen molar-refractivity contribution in [2.45, 2.75) is 10.8 Å². The van der Waals surface area contributed by atoms with Gasteiger partial charge in [0, 0.05) is 48.7 Å². The van der Waals surface area contributed by atoms with Gasteiger partial charge in [0.2, 0.25) is 0 Å². The maximum Gasteiger partial charge on any atom is 0.133 e. The Balaban J connectivity index is 1.36. The van der Waals surface area contributed by atoms with Gasteiger partial charge in [0.25, 0.3) is 0 Å². The van der Waals surface area contributed by atoms with Crippen molar-refractivity contribution >= 4 is 34.9 Å². The minimum Gasteiger partial charge on any atom is -0.368 e. The summed E-state index contributed by atoms with van der Waals surface area (Å²) in [5, 5.41) is 1.70. The highest BCUT2D eigenvalue weighted by atomic mass is 35.5. The van der Waals surface area contributed by atoms with E-state index in [-0.39, 0.29) is 5.82 Å². The Hall–Kier alpha value is -2.31. The van der Waals surface area contributed by atoms with Crippen LogP contribution >= 0.6 is 23.4 Å². The number of anilines is 2. The molecule has 0 spiro atoms. The van der Waals surface area contributed by atoms with Crippen LogP contribution in [0, 0.1) is 5.82 Å². The van der Waals surface area contributed by atoms with Gasteiger partial charge in [-0.3, -0.25) is 0 Å².